The molecule has 1 aromatic rings. The highest BCUT2D eigenvalue weighted by atomic mass is 19.1. The molecule has 1 heterocycles. The van der Waals surface area contributed by atoms with E-state index in [9.17, 15) is 4.39 Å². The van der Waals surface area contributed by atoms with Gasteiger partial charge in [0, 0.05) is 20.2 Å². The molecule has 2 rings (SSSR count). The van der Waals surface area contributed by atoms with Gasteiger partial charge < -0.3 is 10.5 Å². The lowest BCUT2D eigenvalue weighted by atomic mass is 9.94. The Morgan fingerprint density at radius 3 is 3.00 bits per heavy atom. The monoisotopic (exact) mass is 290 g/mol. The molecule has 21 heavy (non-hydrogen) atoms. The van der Waals surface area contributed by atoms with Gasteiger partial charge in [0.05, 0.1) is 17.7 Å². The summed E-state index contributed by atoms with van der Waals surface area (Å²) in [5.74, 6) is 5.20. The van der Waals surface area contributed by atoms with Gasteiger partial charge in [-0.3, -0.25) is 4.90 Å². The molecule has 1 unspecified atom stereocenters. The number of nitrogens with two attached hydrogens (primary N) is 1. The minimum atomic E-state index is -0.292. The van der Waals surface area contributed by atoms with Gasteiger partial charge in [0.25, 0.3) is 0 Å². The van der Waals surface area contributed by atoms with E-state index in [1.54, 1.807) is 7.11 Å². The highest BCUT2D eigenvalue weighted by Gasteiger charge is 2.30. The van der Waals surface area contributed by atoms with Crippen LogP contribution in [0.15, 0.2) is 18.2 Å². The van der Waals surface area contributed by atoms with Gasteiger partial charge in [-0.1, -0.05) is 17.9 Å². The Balaban J connectivity index is 2.09. The number of benzene rings is 1. The van der Waals surface area contributed by atoms with Gasteiger partial charge in [-0.15, -0.1) is 0 Å². The van der Waals surface area contributed by atoms with Crippen LogP contribution in [0.3, 0.4) is 0 Å². The van der Waals surface area contributed by atoms with Crippen molar-refractivity contribution >= 4 is 0 Å². The number of likely N-dealkylation sites (tertiary alicyclic amines) is 1. The quantitative estimate of drug-likeness (QED) is 0.867. The summed E-state index contributed by atoms with van der Waals surface area (Å²) in [4.78, 5) is 2.35. The third-order valence-corrected chi connectivity index (χ3v) is 3.99. The molecule has 0 aromatic heterocycles. The van der Waals surface area contributed by atoms with Crippen LogP contribution in [0.25, 0.3) is 0 Å². The van der Waals surface area contributed by atoms with Crippen LogP contribution in [-0.4, -0.2) is 37.2 Å². The Bertz CT molecular complexity index is 549. The highest BCUT2D eigenvalue weighted by molar-refractivity contribution is 5.38. The predicted octanol–water partition coefficient (Wildman–Crippen LogP) is 2.14. The van der Waals surface area contributed by atoms with Crippen LogP contribution in [0.4, 0.5) is 4.39 Å². The molecule has 1 aliphatic rings. The van der Waals surface area contributed by atoms with Crippen molar-refractivity contribution in [2.24, 2.45) is 5.73 Å². The Kier molecular flexibility index (Phi) is 5.35. The molecule has 2 N–H and O–H groups in total. The number of piperidine rings is 1. The summed E-state index contributed by atoms with van der Waals surface area (Å²) in [5, 5.41) is 0. The molecular formula is C17H23FN2O. The molecule has 1 fully saturated rings. The van der Waals surface area contributed by atoms with Crippen molar-refractivity contribution in [3.05, 3.63) is 35.1 Å². The SMILES string of the molecule is COC1(C)CCCN(Cc2ccc(F)c(C#CCN)c2)C1. The fourth-order valence-corrected chi connectivity index (χ4v) is 2.78. The fourth-order valence-electron chi connectivity index (χ4n) is 2.78. The number of hydrogen-bond acceptors (Lipinski definition) is 3. The molecule has 0 aliphatic carbocycles. The summed E-state index contributed by atoms with van der Waals surface area (Å²) in [6.45, 7) is 5.10. The van der Waals surface area contributed by atoms with E-state index in [0.29, 0.717) is 5.56 Å². The molecule has 0 amide bonds. The van der Waals surface area contributed by atoms with Gasteiger partial charge >= 0.3 is 0 Å². The first kappa shape index (κ1) is 16.0. The van der Waals surface area contributed by atoms with E-state index >= 15 is 0 Å². The van der Waals surface area contributed by atoms with Crippen LogP contribution >= 0.6 is 0 Å². The summed E-state index contributed by atoms with van der Waals surface area (Å²) in [6.07, 6.45) is 2.20. The van der Waals surface area contributed by atoms with E-state index in [-0.39, 0.29) is 18.0 Å². The first-order valence-electron chi connectivity index (χ1n) is 7.31. The lowest BCUT2D eigenvalue weighted by Crippen LogP contribution is -2.46. The highest BCUT2D eigenvalue weighted by Crippen LogP contribution is 2.25. The maximum absolute atomic E-state index is 13.7. The number of halogens is 1. The second-order valence-corrected chi connectivity index (χ2v) is 5.79. The normalized spacial score (nSPS) is 22.7. The van der Waals surface area contributed by atoms with E-state index in [1.807, 2.05) is 12.1 Å². The zero-order chi connectivity index (χ0) is 15.3. The van der Waals surface area contributed by atoms with Crippen molar-refractivity contribution in [3.8, 4) is 11.8 Å². The zero-order valence-electron chi connectivity index (χ0n) is 12.8. The predicted molar refractivity (Wildman–Crippen MR) is 82.3 cm³/mol. The van der Waals surface area contributed by atoms with Crippen molar-refractivity contribution in [1.29, 1.82) is 0 Å². The van der Waals surface area contributed by atoms with Crippen LogP contribution in [-0.2, 0) is 11.3 Å². The molecule has 0 saturated carbocycles. The summed E-state index contributed by atoms with van der Waals surface area (Å²) in [6, 6.07) is 5.12. The first-order chi connectivity index (χ1) is 10.1. The van der Waals surface area contributed by atoms with Gasteiger partial charge in [0.2, 0.25) is 0 Å². The number of ether oxygens (including phenoxy) is 1. The number of nitrogens with zero attached hydrogens (tertiary/aromatic N) is 1. The Morgan fingerprint density at radius 1 is 1.48 bits per heavy atom. The first-order valence-corrected chi connectivity index (χ1v) is 7.31. The van der Waals surface area contributed by atoms with Crippen molar-refractivity contribution in [2.75, 3.05) is 26.7 Å². The number of methoxy groups -OCH3 is 1. The van der Waals surface area contributed by atoms with E-state index in [2.05, 4.69) is 23.7 Å². The van der Waals surface area contributed by atoms with Crippen LogP contribution in [0, 0.1) is 17.7 Å². The summed E-state index contributed by atoms with van der Waals surface area (Å²) < 4.78 is 19.3. The molecule has 1 aliphatic heterocycles. The molecule has 114 valence electrons. The van der Waals surface area contributed by atoms with Crippen molar-refractivity contribution in [3.63, 3.8) is 0 Å². The molecule has 1 atom stereocenters. The molecule has 3 nitrogen and oxygen atoms in total. The summed E-state index contributed by atoms with van der Waals surface area (Å²) in [7, 11) is 1.77. The molecule has 1 saturated heterocycles. The van der Waals surface area contributed by atoms with Gasteiger partial charge in [-0.25, -0.2) is 4.39 Å². The van der Waals surface area contributed by atoms with E-state index in [0.717, 1.165) is 38.0 Å². The second kappa shape index (κ2) is 7.04. The maximum atomic E-state index is 13.7. The Morgan fingerprint density at radius 2 is 2.29 bits per heavy atom. The van der Waals surface area contributed by atoms with E-state index in [4.69, 9.17) is 10.5 Å². The van der Waals surface area contributed by atoms with Crippen molar-refractivity contribution in [1.82, 2.24) is 4.90 Å². The van der Waals surface area contributed by atoms with Crippen molar-refractivity contribution < 1.29 is 9.13 Å². The molecule has 0 spiro atoms. The zero-order valence-corrected chi connectivity index (χ0v) is 12.8. The molecule has 0 bridgehead atoms. The molecular weight excluding hydrogens is 267 g/mol. The average Bonchev–Trinajstić information content (AvgIpc) is 2.48. The number of hydrogen-bond donors (Lipinski definition) is 1. The summed E-state index contributed by atoms with van der Waals surface area (Å²) >= 11 is 0. The summed E-state index contributed by atoms with van der Waals surface area (Å²) in [5.41, 5.74) is 6.75. The third kappa shape index (κ3) is 4.28. The second-order valence-electron chi connectivity index (χ2n) is 5.79. The average molecular weight is 290 g/mol. The van der Waals surface area contributed by atoms with Crippen molar-refractivity contribution in [2.45, 2.75) is 31.9 Å². The minimum absolute atomic E-state index is 0.0829. The van der Waals surface area contributed by atoms with Crippen LogP contribution < -0.4 is 5.73 Å². The standard InChI is InChI=1S/C17H23FN2O/c1-17(21-2)8-4-10-20(13-17)12-14-6-7-16(18)15(11-14)5-3-9-19/h6-7,11H,4,8-10,12-13,19H2,1-2H3. The van der Waals surface area contributed by atoms with Gasteiger partial charge in [-0.2, -0.15) is 0 Å². The topological polar surface area (TPSA) is 38.5 Å². The molecule has 0 radical (unpaired) electrons. The van der Waals surface area contributed by atoms with E-state index in [1.165, 1.54) is 6.07 Å². The minimum Gasteiger partial charge on any atom is -0.377 e. The lowest BCUT2D eigenvalue weighted by Gasteiger charge is -2.39. The fraction of sp³-hybridized carbons (Fsp3) is 0.529. The van der Waals surface area contributed by atoms with Gasteiger partial charge in [-0.05, 0) is 44.0 Å². The van der Waals surface area contributed by atoms with E-state index < -0.39 is 0 Å². The smallest absolute Gasteiger partial charge is 0.138 e. The Labute approximate surface area is 126 Å². The Hall–Kier alpha value is -1.41. The third-order valence-electron chi connectivity index (χ3n) is 3.99. The van der Waals surface area contributed by atoms with Crippen LogP contribution in [0.5, 0.6) is 0 Å². The molecule has 4 heteroatoms. The maximum Gasteiger partial charge on any atom is 0.138 e. The largest absolute Gasteiger partial charge is 0.377 e. The molecule has 1 aromatic carbocycles. The van der Waals surface area contributed by atoms with Crippen LogP contribution in [0.1, 0.15) is 30.9 Å². The van der Waals surface area contributed by atoms with Gasteiger partial charge in [0.15, 0.2) is 0 Å². The van der Waals surface area contributed by atoms with Gasteiger partial charge in [0.1, 0.15) is 5.82 Å². The van der Waals surface area contributed by atoms with Crippen LogP contribution in [0.2, 0.25) is 0 Å². The number of rotatable bonds is 3. The lowest BCUT2D eigenvalue weighted by molar-refractivity contribution is -0.0527.